The van der Waals surface area contributed by atoms with Crippen LogP contribution in [-0.4, -0.2) is 49.6 Å². The summed E-state index contributed by atoms with van der Waals surface area (Å²) >= 11 is 0. The van der Waals surface area contributed by atoms with E-state index in [-0.39, 0.29) is 11.9 Å². The lowest BCUT2D eigenvalue weighted by Gasteiger charge is -2.24. The normalized spacial score (nSPS) is 31.4. The van der Waals surface area contributed by atoms with Crippen LogP contribution in [0.4, 0.5) is 0 Å². The molecule has 4 nitrogen and oxygen atoms in total. The Kier molecular flexibility index (Phi) is 3.82. The lowest BCUT2D eigenvalue weighted by Crippen LogP contribution is -2.45. The third-order valence-electron chi connectivity index (χ3n) is 3.89. The number of rotatable bonds is 4. The predicted molar refractivity (Wildman–Crippen MR) is 64.2 cm³/mol. The monoisotopic (exact) mass is 225 g/mol. The summed E-state index contributed by atoms with van der Waals surface area (Å²) in [5.41, 5.74) is 0. The van der Waals surface area contributed by atoms with Crippen molar-refractivity contribution >= 4 is 5.91 Å². The molecule has 16 heavy (non-hydrogen) atoms. The molecule has 2 heterocycles. The standard InChI is InChI=1S/C12H23N3O/c1-3-4-14-12(16)9(2)15-7-10-5-13-6-11(10)8-15/h9-11,13H,3-8H2,1-2H3,(H,14,16)/t9?,10-,11+. The molecule has 2 saturated heterocycles. The SMILES string of the molecule is CCCNC(=O)C(C)N1C[C@H]2CNC[C@H]2C1. The van der Waals surface area contributed by atoms with E-state index in [0.29, 0.717) is 0 Å². The molecule has 0 saturated carbocycles. The largest absolute Gasteiger partial charge is 0.355 e. The Balaban J connectivity index is 1.82. The number of nitrogens with zero attached hydrogens (tertiary/aromatic N) is 1. The first kappa shape index (κ1) is 11.9. The molecule has 3 atom stereocenters. The third-order valence-corrected chi connectivity index (χ3v) is 3.89. The number of likely N-dealkylation sites (tertiary alicyclic amines) is 1. The van der Waals surface area contributed by atoms with Crippen molar-refractivity contribution < 1.29 is 4.79 Å². The third kappa shape index (κ3) is 2.38. The van der Waals surface area contributed by atoms with Crippen molar-refractivity contribution in [3.63, 3.8) is 0 Å². The summed E-state index contributed by atoms with van der Waals surface area (Å²) in [5, 5.41) is 6.40. The molecule has 4 heteroatoms. The number of hydrogen-bond acceptors (Lipinski definition) is 3. The minimum absolute atomic E-state index is 0.0390. The first-order valence-corrected chi connectivity index (χ1v) is 6.44. The van der Waals surface area contributed by atoms with Gasteiger partial charge in [0.2, 0.25) is 5.91 Å². The van der Waals surface area contributed by atoms with Crippen LogP contribution < -0.4 is 10.6 Å². The molecule has 1 unspecified atom stereocenters. The van der Waals surface area contributed by atoms with Gasteiger partial charge in [0.05, 0.1) is 6.04 Å². The van der Waals surface area contributed by atoms with Crippen LogP contribution in [0.2, 0.25) is 0 Å². The molecule has 0 aromatic heterocycles. The Labute approximate surface area is 97.8 Å². The summed E-state index contributed by atoms with van der Waals surface area (Å²) in [7, 11) is 0. The number of carbonyl (C=O) groups excluding carboxylic acids is 1. The van der Waals surface area contributed by atoms with Crippen molar-refractivity contribution in [1.82, 2.24) is 15.5 Å². The van der Waals surface area contributed by atoms with Crippen LogP contribution in [-0.2, 0) is 4.79 Å². The van der Waals surface area contributed by atoms with Crippen LogP contribution in [0.1, 0.15) is 20.3 Å². The highest BCUT2D eigenvalue weighted by Gasteiger charge is 2.39. The van der Waals surface area contributed by atoms with Gasteiger partial charge in [-0.3, -0.25) is 9.69 Å². The van der Waals surface area contributed by atoms with Crippen LogP contribution in [0.3, 0.4) is 0 Å². The Morgan fingerprint density at radius 3 is 2.62 bits per heavy atom. The first-order valence-electron chi connectivity index (χ1n) is 6.44. The minimum Gasteiger partial charge on any atom is -0.355 e. The van der Waals surface area contributed by atoms with E-state index in [0.717, 1.165) is 51.0 Å². The number of carbonyl (C=O) groups is 1. The summed E-state index contributed by atoms with van der Waals surface area (Å²) in [6.45, 7) is 9.33. The molecule has 0 bridgehead atoms. The summed E-state index contributed by atoms with van der Waals surface area (Å²) in [5.74, 6) is 1.72. The van der Waals surface area contributed by atoms with E-state index in [4.69, 9.17) is 0 Å². The van der Waals surface area contributed by atoms with E-state index in [1.165, 1.54) is 0 Å². The van der Waals surface area contributed by atoms with Crippen molar-refractivity contribution in [3.05, 3.63) is 0 Å². The molecule has 0 aliphatic carbocycles. The van der Waals surface area contributed by atoms with Gasteiger partial charge in [-0.25, -0.2) is 0 Å². The molecule has 2 fully saturated rings. The fourth-order valence-corrected chi connectivity index (χ4v) is 2.77. The van der Waals surface area contributed by atoms with E-state index in [2.05, 4.69) is 22.5 Å². The Morgan fingerprint density at radius 1 is 1.44 bits per heavy atom. The fourth-order valence-electron chi connectivity index (χ4n) is 2.77. The second kappa shape index (κ2) is 5.15. The second-order valence-electron chi connectivity index (χ2n) is 5.10. The summed E-state index contributed by atoms with van der Waals surface area (Å²) in [4.78, 5) is 14.2. The van der Waals surface area contributed by atoms with Crippen LogP contribution >= 0.6 is 0 Å². The van der Waals surface area contributed by atoms with Gasteiger partial charge < -0.3 is 10.6 Å². The van der Waals surface area contributed by atoms with Crippen LogP contribution in [0.25, 0.3) is 0 Å². The molecule has 0 radical (unpaired) electrons. The fraction of sp³-hybridized carbons (Fsp3) is 0.917. The molecule has 0 spiro atoms. The van der Waals surface area contributed by atoms with Gasteiger partial charge in [0.15, 0.2) is 0 Å². The molecule has 2 N–H and O–H groups in total. The van der Waals surface area contributed by atoms with Gasteiger partial charge in [0.25, 0.3) is 0 Å². The predicted octanol–water partition coefficient (Wildman–Crippen LogP) is 0.0523. The van der Waals surface area contributed by atoms with Crippen molar-refractivity contribution in [2.45, 2.75) is 26.3 Å². The zero-order chi connectivity index (χ0) is 11.5. The van der Waals surface area contributed by atoms with E-state index in [9.17, 15) is 4.79 Å². The smallest absolute Gasteiger partial charge is 0.237 e. The van der Waals surface area contributed by atoms with Gasteiger partial charge in [-0.2, -0.15) is 0 Å². The van der Waals surface area contributed by atoms with Gasteiger partial charge in [0, 0.05) is 19.6 Å². The highest BCUT2D eigenvalue weighted by atomic mass is 16.2. The first-order chi connectivity index (χ1) is 7.72. The van der Waals surface area contributed by atoms with Gasteiger partial charge in [-0.15, -0.1) is 0 Å². The number of fused-ring (bicyclic) bond motifs is 1. The van der Waals surface area contributed by atoms with E-state index in [1.54, 1.807) is 0 Å². The highest BCUT2D eigenvalue weighted by Crippen LogP contribution is 2.27. The van der Waals surface area contributed by atoms with Crippen molar-refractivity contribution in [2.24, 2.45) is 11.8 Å². The Hall–Kier alpha value is -0.610. The average molecular weight is 225 g/mol. The van der Waals surface area contributed by atoms with E-state index >= 15 is 0 Å². The maximum absolute atomic E-state index is 11.8. The molecule has 2 rings (SSSR count). The zero-order valence-corrected chi connectivity index (χ0v) is 10.3. The van der Waals surface area contributed by atoms with Crippen LogP contribution in [0, 0.1) is 11.8 Å². The molecule has 2 aliphatic heterocycles. The van der Waals surface area contributed by atoms with Crippen molar-refractivity contribution in [2.75, 3.05) is 32.7 Å². The highest BCUT2D eigenvalue weighted by molar-refractivity contribution is 5.81. The zero-order valence-electron chi connectivity index (χ0n) is 10.3. The molecule has 1 amide bonds. The molecule has 92 valence electrons. The second-order valence-corrected chi connectivity index (χ2v) is 5.10. The average Bonchev–Trinajstić information content (AvgIpc) is 2.84. The molecular weight excluding hydrogens is 202 g/mol. The topological polar surface area (TPSA) is 44.4 Å². The summed E-state index contributed by atoms with van der Waals surface area (Å²) in [6, 6.07) is 0.0390. The number of amides is 1. The summed E-state index contributed by atoms with van der Waals surface area (Å²) in [6.07, 6.45) is 1.01. The summed E-state index contributed by atoms with van der Waals surface area (Å²) < 4.78 is 0. The van der Waals surface area contributed by atoms with E-state index < -0.39 is 0 Å². The Morgan fingerprint density at radius 2 is 2.06 bits per heavy atom. The molecule has 0 aromatic carbocycles. The van der Waals surface area contributed by atoms with Gasteiger partial charge in [-0.1, -0.05) is 6.92 Å². The maximum atomic E-state index is 11.8. The van der Waals surface area contributed by atoms with Gasteiger partial charge >= 0.3 is 0 Å². The minimum atomic E-state index is 0.0390. The van der Waals surface area contributed by atoms with Gasteiger partial charge in [0.1, 0.15) is 0 Å². The van der Waals surface area contributed by atoms with Crippen LogP contribution in [0.5, 0.6) is 0 Å². The lowest BCUT2D eigenvalue weighted by atomic mass is 10.0. The number of hydrogen-bond donors (Lipinski definition) is 2. The quantitative estimate of drug-likeness (QED) is 0.711. The maximum Gasteiger partial charge on any atom is 0.237 e. The molecule has 2 aliphatic rings. The Bertz CT molecular complexity index is 245. The van der Waals surface area contributed by atoms with Crippen molar-refractivity contribution in [3.8, 4) is 0 Å². The van der Waals surface area contributed by atoms with Crippen LogP contribution in [0.15, 0.2) is 0 Å². The van der Waals surface area contributed by atoms with Gasteiger partial charge in [-0.05, 0) is 38.3 Å². The lowest BCUT2D eigenvalue weighted by molar-refractivity contribution is -0.125. The van der Waals surface area contributed by atoms with E-state index in [1.807, 2.05) is 6.92 Å². The van der Waals surface area contributed by atoms with Crippen molar-refractivity contribution in [1.29, 1.82) is 0 Å². The molecular formula is C12H23N3O. The number of nitrogens with one attached hydrogen (secondary N) is 2. The molecule has 0 aromatic rings.